The third-order valence-corrected chi connectivity index (χ3v) is 2.11. The highest BCUT2D eigenvalue weighted by Gasteiger charge is 2.08. The van der Waals surface area contributed by atoms with Gasteiger partial charge in [0.1, 0.15) is 0 Å². The maximum Gasteiger partial charge on any atom is 0.220 e. The van der Waals surface area contributed by atoms with Crippen LogP contribution in [0.4, 0.5) is 0 Å². The second-order valence-electron chi connectivity index (χ2n) is 3.85. The molecule has 0 atom stereocenters. The SMILES string of the molecule is CCCCCC(=O)NCC(=O)C(C)C. The Morgan fingerprint density at radius 3 is 2.36 bits per heavy atom. The predicted molar refractivity (Wildman–Crippen MR) is 57.0 cm³/mol. The minimum absolute atomic E-state index is 0.00550. The van der Waals surface area contributed by atoms with Crippen molar-refractivity contribution in [3.8, 4) is 0 Å². The number of carbonyl (C=O) groups excluding carboxylic acids is 2. The van der Waals surface area contributed by atoms with Crippen molar-refractivity contribution in [2.24, 2.45) is 5.92 Å². The Morgan fingerprint density at radius 1 is 1.21 bits per heavy atom. The van der Waals surface area contributed by atoms with Gasteiger partial charge in [-0.1, -0.05) is 33.6 Å². The number of carbonyl (C=O) groups is 2. The molecule has 0 aliphatic heterocycles. The van der Waals surface area contributed by atoms with E-state index in [1.54, 1.807) is 0 Å². The first kappa shape index (κ1) is 13.1. The molecule has 0 aromatic carbocycles. The van der Waals surface area contributed by atoms with Crippen LogP contribution < -0.4 is 5.32 Å². The molecular formula is C11H21NO2. The fourth-order valence-corrected chi connectivity index (χ4v) is 1.01. The van der Waals surface area contributed by atoms with Crippen molar-refractivity contribution in [3.63, 3.8) is 0 Å². The summed E-state index contributed by atoms with van der Waals surface area (Å²) in [5, 5.41) is 2.63. The van der Waals surface area contributed by atoms with E-state index >= 15 is 0 Å². The van der Waals surface area contributed by atoms with Crippen LogP contribution >= 0.6 is 0 Å². The van der Waals surface area contributed by atoms with E-state index in [9.17, 15) is 9.59 Å². The maximum atomic E-state index is 11.2. The van der Waals surface area contributed by atoms with Gasteiger partial charge in [-0.25, -0.2) is 0 Å². The second kappa shape index (κ2) is 7.54. The summed E-state index contributed by atoms with van der Waals surface area (Å²) >= 11 is 0. The van der Waals surface area contributed by atoms with Gasteiger partial charge in [-0.3, -0.25) is 9.59 Å². The molecule has 14 heavy (non-hydrogen) atoms. The predicted octanol–water partition coefficient (Wildman–Crippen LogP) is 1.91. The van der Waals surface area contributed by atoms with Crippen molar-refractivity contribution in [2.45, 2.75) is 46.5 Å². The molecule has 82 valence electrons. The first-order valence-electron chi connectivity index (χ1n) is 5.37. The van der Waals surface area contributed by atoms with E-state index in [4.69, 9.17) is 0 Å². The zero-order valence-electron chi connectivity index (χ0n) is 9.43. The standard InChI is InChI=1S/C11H21NO2/c1-4-5-6-7-11(14)12-8-10(13)9(2)3/h9H,4-8H2,1-3H3,(H,12,14). The molecule has 0 fully saturated rings. The van der Waals surface area contributed by atoms with Crippen LogP contribution in [0.1, 0.15) is 46.5 Å². The summed E-state index contributed by atoms with van der Waals surface area (Å²) in [6.07, 6.45) is 3.64. The van der Waals surface area contributed by atoms with Crippen LogP contribution in [0.2, 0.25) is 0 Å². The molecule has 0 spiro atoms. The smallest absolute Gasteiger partial charge is 0.220 e. The van der Waals surface area contributed by atoms with Crippen molar-refractivity contribution in [3.05, 3.63) is 0 Å². The summed E-state index contributed by atoms with van der Waals surface area (Å²) in [6, 6.07) is 0. The highest BCUT2D eigenvalue weighted by atomic mass is 16.2. The van der Waals surface area contributed by atoms with Crippen LogP contribution in [0.5, 0.6) is 0 Å². The van der Waals surface area contributed by atoms with Gasteiger partial charge in [0.05, 0.1) is 6.54 Å². The van der Waals surface area contributed by atoms with E-state index in [-0.39, 0.29) is 24.2 Å². The molecule has 3 nitrogen and oxygen atoms in total. The number of ketones is 1. The van der Waals surface area contributed by atoms with Gasteiger partial charge in [-0.2, -0.15) is 0 Å². The molecule has 0 radical (unpaired) electrons. The first-order valence-corrected chi connectivity index (χ1v) is 5.37. The molecule has 0 heterocycles. The molecule has 0 saturated heterocycles. The van der Waals surface area contributed by atoms with Crippen LogP contribution in [-0.4, -0.2) is 18.2 Å². The molecule has 1 N–H and O–H groups in total. The van der Waals surface area contributed by atoms with Gasteiger partial charge in [0.25, 0.3) is 0 Å². The molecule has 0 unspecified atom stereocenters. The number of Topliss-reactive ketones (excluding diaryl/α,β-unsaturated/α-hetero) is 1. The lowest BCUT2D eigenvalue weighted by Crippen LogP contribution is -2.31. The lowest BCUT2D eigenvalue weighted by molar-refractivity contribution is -0.126. The van der Waals surface area contributed by atoms with Crippen molar-refractivity contribution < 1.29 is 9.59 Å². The zero-order valence-corrected chi connectivity index (χ0v) is 9.43. The summed E-state index contributed by atoms with van der Waals surface area (Å²) in [7, 11) is 0. The summed E-state index contributed by atoms with van der Waals surface area (Å²) < 4.78 is 0. The first-order chi connectivity index (χ1) is 6.57. The van der Waals surface area contributed by atoms with E-state index < -0.39 is 0 Å². The summed E-state index contributed by atoms with van der Waals surface area (Å²) in [5.41, 5.74) is 0. The summed E-state index contributed by atoms with van der Waals surface area (Å²) in [5.74, 6) is 0.0900. The fourth-order valence-electron chi connectivity index (χ4n) is 1.01. The van der Waals surface area contributed by atoms with Crippen molar-refractivity contribution in [1.82, 2.24) is 5.32 Å². The number of hydrogen-bond donors (Lipinski definition) is 1. The number of unbranched alkanes of at least 4 members (excludes halogenated alkanes) is 2. The normalized spacial score (nSPS) is 10.3. The number of nitrogens with one attached hydrogen (secondary N) is 1. The van der Waals surface area contributed by atoms with Gasteiger partial charge in [-0.15, -0.1) is 0 Å². The molecule has 0 aliphatic carbocycles. The van der Waals surface area contributed by atoms with Gasteiger partial charge in [-0.05, 0) is 6.42 Å². The molecule has 3 heteroatoms. The molecule has 0 aromatic heterocycles. The Balaban J connectivity index is 3.49. The average molecular weight is 199 g/mol. The molecule has 0 rings (SSSR count). The van der Waals surface area contributed by atoms with Crippen molar-refractivity contribution in [2.75, 3.05) is 6.54 Å². The van der Waals surface area contributed by atoms with Crippen molar-refractivity contribution in [1.29, 1.82) is 0 Å². The van der Waals surface area contributed by atoms with Crippen LogP contribution in [-0.2, 0) is 9.59 Å². The molecule has 0 saturated carbocycles. The van der Waals surface area contributed by atoms with Gasteiger partial charge in [0.15, 0.2) is 5.78 Å². The van der Waals surface area contributed by atoms with Gasteiger partial charge >= 0.3 is 0 Å². The minimum Gasteiger partial charge on any atom is -0.349 e. The highest BCUT2D eigenvalue weighted by molar-refractivity contribution is 5.87. The minimum atomic E-state index is -0.00699. The van der Waals surface area contributed by atoms with E-state index in [0.717, 1.165) is 19.3 Å². The van der Waals surface area contributed by atoms with Gasteiger partial charge < -0.3 is 5.32 Å². The lowest BCUT2D eigenvalue weighted by atomic mass is 10.1. The highest BCUT2D eigenvalue weighted by Crippen LogP contribution is 1.98. The van der Waals surface area contributed by atoms with Crippen LogP contribution in [0.25, 0.3) is 0 Å². The van der Waals surface area contributed by atoms with Crippen LogP contribution in [0.15, 0.2) is 0 Å². The largest absolute Gasteiger partial charge is 0.349 e. The van der Waals surface area contributed by atoms with Crippen LogP contribution in [0, 0.1) is 5.92 Å². The third kappa shape index (κ3) is 6.63. The third-order valence-electron chi connectivity index (χ3n) is 2.11. The van der Waals surface area contributed by atoms with E-state index in [1.807, 2.05) is 13.8 Å². The average Bonchev–Trinajstić information content (AvgIpc) is 2.14. The van der Waals surface area contributed by atoms with Crippen LogP contribution in [0.3, 0.4) is 0 Å². The van der Waals surface area contributed by atoms with E-state index in [2.05, 4.69) is 12.2 Å². The van der Waals surface area contributed by atoms with Crippen molar-refractivity contribution >= 4 is 11.7 Å². The Bertz CT molecular complexity index is 188. The Hall–Kier alpha value is -0.860. The number of hydrogen-bond acceptors (Lipinski definition) is 2. The molecule has 1 amide bonds. The maximum absolute atomic E-state index is 11.2. The molecule has 0 aromatic rings. The number of rotatable bonds is 7. The fraction of sp³-hybridized carbons (Fsp3) is 0.818. The lowest BCUT2D eigenvalue weighted by Gasteiger charge is -2.06. The monoisotopic (exact) mass is 199 g/mol. The summed E-state index contributed by atoms with van der Waals surface area (Å²) in [4.78, 5) is 22.3. The molecule has 0 aliphatic rings. The van der Waals surface area contributed by atoms with Gasteiger partial charge in [0, 0.05) is 12.3 Å². The quantitative estimate of drug-likeness (QED) is 0.637. The topological polar surface area (TPSA) is 46.2 Å². The molecular weight excluding hydrogens is 178 g/mol. The molecule has 0 bridgehead atoms. The zero-order chi connectivity index (χ0) is 11.0. The van der Waals surface area contributed by atoms with Gasteiger partial charge in [0.2, 0.25) is 5.91 Å². The van der Waals surface area contributed by atoms with E-state index in [0.29, 0.717) is 6.42 Å². The summed E-state index contributed by atoms with van der Waals surface area (Å²) in [6.45, 7) is 5.96. The Morgan fingerprint density at radius 2 is 1.86 bits per heavy atom. The second-order valence-corrected chi connectivity index (χ2v) is 3.85. The van der Waals surface area contributed by atoms with E-state index in [1.165, 1.54) is 0 Å². The number of amides is 1. The Labute approximate surface area is 86.3 Å². The Kier molecular flexibility index (Phi) is 7.07.